The van der Waals surface area contributed by atoms with Crippen molar-refractivity contribution in [2.24, 2.45) is 0 Å². The molecule has 7 heteroatoms. The van der Waals surface area contributed by atoms with Gasteiger partial charge in [0, 0.05) is 7.11 Å². The van der Waals surface area contributed by atoms with Gasteiger partial charge < -0.3 is 24.3 Å². The van der Waals surface area contributed by atoms with Crippen LogP contribution < -0.4 is 10.2 Å². The van der Waals surface area contributed by atoms with Gasteiger partial charge in [-0.25, -0.2) is 0 Å². The molecule has 0 aromatic heterocycles. The minimum Gasteiger partial charge on any atom is -0.457 e. The number of nitrogens with zero attached hydrogens (tertiary/aromatic N) is 1. The van der Waals surface area contributed by atoms with Crippen LogP contribution in [0.4, 0.5) is 0 Å². The summed E-state index contributed by atoms with van der Waals surface area (Å²) >= 11 is 0. The van der Waals surface area contributed by atoms with E-state index >= 15 is 0 Å². The number of rotatable bonds is 7. The Hall–Kier alpha value is -2.37. The van der Waals surface area contributed by atoms with E-state index in [1.807, 2.05) is 6.07 Å². The minimum atomic E-state index is -1.60. The zero-order chi connectivity index (χ0) is 16.7. The summed E-state index contributed by atoms with van der Waals surface area (Å²) in [4.78, 5) is 0. The zero-order valence-corrected chi connectivity index (χ0v) is 12.6. The molecule has 0 saturated carbocycles. The second-order valence-electron chi connectivity index (χ2n) is 4.73. The van der Waals surface area contributed by atoms with Crippen molar-refractivity contribution in [3.05, 3.63) is 53.6 Å². The Morgan fingerprint density at radius 2 is 1.78 bits per heavy atom. The lowest BCUT2D eigenvalue weighted by molar-refractivity contribution is -0.0389. The van der Waals surface area contributed by atoms with E-state index in [0.29, 0.717) is 28.1 Å². The highest BCUT2D eigenvalue weighted by atomic mass is 16.7. The molecule has 6 nitrogen and oxygen atoms in total. The highest BCUT2D eigenvalue weighted by Crippen LogP contribution is 2.22. The van der Waals surface area contributed by atoms with E-state index in [-0.39, 0.29) is 13.4 Å². The number of ether oxygens (including phenoxy) is 3. The Bertz CT molecular complexity index is 682. The number of hydrogen-bond donors (Lipinski definition) is 2. The Balaban J connectivity index is 2.18. The van der Waals surface area contributed by atoms with Crippen molar-refractivity contribution in [3.63, 3.8) is 0 Å². The largest absolute Gasteiger partial charge is 0.488 e. The van der Waals surface area contributed by atoms with E-state index in [1.165, 1.54) is 7.11 Å². The van der Waals surface area contributed by atoms with Gasteiger partial charge in [-0.2, -0.15) is 5.26 Å². The molecule has 0 fully saturated rings. The Kier molecular flexibility index (Phi) is 6.14. The molecule has 2 aromatic carbocycles. The van der Waals surface area contributed by atoms with Crippen LogP contribution in [0.15, 0.2) is 42.5 Å². The lowest BCUT2D eigenvalue weighted by Gasteiger charge is -2.12. The average Bonchev–Trinajstić information content (AvgIpc) is 2.56. The van der Waals surface area contributed by atoms with Crippen molar-refractivity contribution in [3.8, 4) is 17.6 Å². The molecule has 0 amide bonds. The molecule has 0 bridgehead atoms. The van der Waals surface area contributed by atoms with Crippen LogP contribution in [0, 0.1) is 11.3 Å². The van der Waals surface area contributed by atoms with Crippen molar-refractivity contribution in [2.45, 2.75) is 6.61 Å². The van der Waals surface area contributed by atoms with E-state index in [1.54, 1.807) is 42.5 Å². The summed E-state index contributed by atoms with van der Waals surface area (Å²) in [5, 5.41) is 27.6. The van der Waals surface area contributed by atoms with E-state index in [2.05, 4.69) is 0 Å². The predicted octanol–water partition coefficient (Wildman–Crippen LogP) is 1.15. The first-order valence-corrected chi connectivity index (χ1v) is 6.87. The zero-order valence-electron chi connectivity index (χ0n) is 12.6. The highest BCUT2D eigenvalue weighted by molar-refractivity contribution is 6.59. The van der Waals surface area contributed by atoms with E-state index in [9.17, 15) is 10.0 Å². The standard InChI is InChI=1S/C16H16BNO5/c1-21-11-22-10-13-8-15(6-7-16(13)17(19)20)23-14-4-2-12(9-18)3-5-14/h2-8,19-20H,10-11H2,1H3. The van der Waals surface area contributed by atoms with Crippen molar-refractivity contribution in [1.29, 1.82) is 5.26 Å². The molecule has 0 radical (unpaired) electrons. The summed E-state index contributed by atoms with van der Waals surface area (Å²) < 4.78 is 15.8. The van der Waals surface area contributed by atoms with Crippen LogP contribution in [0.1, 0.15) is 11.1 Å². The smallest absolute Gasteiger partial charge is 0.457 e. The van der Waals surface area contributed by atoms with Crippen LogP contribution in [-0.4, -0.2) is 31.1 Å². The molecule has 2 N–H and O–H groups in total. The van der Waals surface area contributed by atoms with Crippen LogP contribution in [0.3, 0.4) is 0 Å². The molecule has 0 heterocycles. The third kappa shape index (κ3) is 4.81. The Morgan fingerprint density at radius 1 is 1.09 bits per heavy atom. The summed E-state index contributed by atoms with van der Waals surface area (Å²) in [7, 11) is -0.0909. The van der Waals surface area contributed by atoms with Crippen molar-refractivity contribution in [2.75, 3.05) is 13.9 Å². The van der Waals surface area contributed by atoms with Gasteiger partial charge in [-0.15, -0.1) is 0 Å². The third-order valence-corrected chi connectivity index (χ3v) is 3.07. The Morgan fingerprint density at radius 3 is 2.39 bits per heavy atom. The molecule has 0 aliphatic rings. The molecule has 0 unspecified atom stereocenters. The molecule has 0 atom stereocenters. The van der Waals surface area contributed by atoms with Crippen LogP contribution in [0.5, 0.6) is 11.5 Å². The number of hydrogen-bond acceptors (Lipinski definition) is 6. The highest BCUT2D eigenvalue weighted by Gasteiger charge is 2.17. The van der Waals surface area contributed by atoms with Gasteiger partial charge in [0.15, 0.2) is 0 Å². The van der Waals surface area contributed by atoms with Crippen molar-refractivity contribution >= 4 is 12.6 Å². The average molecular weight is 313 g/mol. The second-order valence-corrected chi connectivity index (χ2v) is 4.73. The molecule has 118 valence electrons. The molecule has 23 heavy (non-hydrogen) atoms. The molecule has 2 aromatic rings. The maximum atomic E-state index is 9.40. The van der Waals surface area contributed by atoms with Crippen molar-refractivity contribution < 1.29 is 24.3 Å². The third-order valence-electron chi connectivity index (χ3n) is 3.07. The normalized spacial score (nSPS) is 10.2. The maximum Gasteiger partial charge on any atom is 0.488 e. The van der Waals surface area contributed by atoms with E-state index in [0.717, 1.165) is 0 Å². The molecule has 0 aliphatic heterocycles. The quantitative estimate of drug-likeness (QED) is 0.453. The number of benzene rings is 2. The first kappa shape index (κ1) is 17.0. The molecule has 2 rings (SSSR count). The lowest BCUT2D eigenvalue weighted by Crippen LogP contribution is -2.33. The van der Waals surface area contributed by atoms with Gasteiger partial charge in [0.05, 0.1) is 18.2 Å². The van der Waals surface area contributed by atoms with Gasteiger partial charge in [-0.1, -0.05) is 6.07 Å². The topological polar surface area (TPSA) is 91.9 Å². The van der Waals surface area contributed by atoms with Gasteiger partial charge in [-0.3, -0.25) is 0 Å². The Labute approximate surface area is 134 Å². The number of nitriles is 1. The first-order chi connectivity index (χ1) is 11.1. The fourth-order valence-corrected chi connectivity index (χ4v) is 1.99. The van der Waals surface area contributed by atoms with Gasteiger partial charge in [0.25, 0.3) is 0 Å². The maximum absolute atomic E-state index is 9.40. The van der Waals surface area contributed by atoms with Gasteiger partial charge in [0.1, 0.15) is 18.3 Å². The summed E-state index contributed by atoms with van der Waals surface area (Å²) in [6, 6.07) is 13.6. The van der Waals surface area contributed by atoms with Gasteiger partial charge >= 0.3 is 7.12 Å². The summed E-state index contributed by atoms with van der Waals surface area (Å²) in [6.45, 7) is 0.257. The van der Waals surface area contributed by atoms with Crippen LogP contribution >= 0.6 is 0 Å². The monoisotopic (exact) mass is 313 g/mol. The van der Waals surface area contributed by atoms with Gasteiger partial charge in [-0.05, 0) is 47.4 Å². The molecule has 0 saturated heterocycles. The minimum absolute atomic E-state index is 0.0989. The SMILES string of the molecule is COCOCc1cc(Oc2ccc(C#N)cc2)ccc1B(O)O. The lowest BCUT2D eigenvalue weighted by atomic mass is 9.77. The summed E-state index contributed by atoms with van der Waals surface area (Å²) in [5.74, 6) is 1.10. The van der Waals surface area contributed by atoms with Crippen LogP contribution in [0.25, 0.3) is 0 Å². The first-order valence-electron chi connectivity index (χ1n) is 6.87. The number of methoxy groups -OCH3 is 1. The summed E-state index contributed by atoms with van der Waals surface area (Å²) in [6.07, 6.45) is 0. The van der Waals surface area contributed by atoms with Gasteiger partial charge in [0.2, 0.25) is 0 Å². The molecular formula is C16H16BNO5. The second kappa shape index (κ2) is 8.32. The van der Waals surface area contributed by atoms with Crippen LogP contribution in [0.2, 0.25) is 0 Å². The fourth-order valence-electron chi connectivity index (χ4n) is 1.99. The van der Waals surface area contributed by atoms with E-state index in [4.69, 9.17) is 19.5 Å². The van der Waals surface area contributed by atoms with E-state index < -0.39 is 7.12 Å². The molecule has 0 aliphatic carbocycles. The summed E-state index contributed by atoms with van der Waals surface area (Å²) in [5.41, 5.74) is 1.47. The van der Waals surface area contributed by atoms with Crippen molar-refractivity contribution in [1.82, 2.24) is 0 Å². The molecule has 0 spiro atoms. The molecular weight excluding hydrogens is 297 g/mol. The van der Waals surface area contributed by atoms with Crippen LogP contribution in [-0.2, 0) is 16.1 Å². The fraction of sp³-hybridized carbons (Fsp3) is 0.188. The predicted molar refractivity (Wildman–Crippen MR) is 84.2 cm³/mol.